The van der Waals surface area contributed by atoms with Crippen molar-refractivity contribution in [3.8, 4) is 0 Å². The van der Waals surface area contributed by atoms with E-state index in [1.807, 2.05) is 0 Å². The minimum Gasteiger partial charge on any atom is -0.324 e. The van der Waals surface area contributed by atoms with Gasteiger partial charge in [0.15, 0.2) is 5.78 Å². The minimum absolute atomic E-state index is 0.173. The fraction of sp³-hybridized carbons (Fsp3) is 0.667. The van der Waals surface area contributed by atoms with Crippen LogP contribution < -0.4 is 22.9 Å². The topological polar surface area (TPSA) is 138 Å². The van der Waals surface area contributed by atoms with Crippen LogP contribution in [0.5, 0.6) is 0 Å². The van der Waals surface area contributed by atoms with Gasteiger partial charge < -0.3 is 22.9 Å². The van der Waals surface area contributed by atoms with Gasteiger partial charge >= 0.3 is 0 Å². The Bertz CT molecular complexity index is 190. The lowest BCUT2D eigenvalue weighted by Gasteiger charge is -2.20. The second kappa shape index (κ2) is 4.27. The SMILES string of the molecule is NCC(=O)CC(N)(N)C(=O)CN. The molecule has 0 aliphatic rings. The van der Waals surface area contributed by atoms with E-state index in [-0.39, 0.29) is 25.3 Å². The molecule has 0 heterocycles. The number of carbonyl (C=O) groups excluding carboxylic acids is 2. The molecule has 0 rings (SSSR count). The van der Waals surface area contributed by atoms with Crippen molar-refractivity contribution in [3.63, 3.8) is 0 Å². The number of nitrogens with two attached hydrogens (primary N) is 4. The van der Waals surface area contributed by atoms with Crippen molar-refractivity contribution >= 4 is 11.6 Å². The highest BCUT2D eigenvalue weighted by Gasteiger charge is 2.29. The van der Waals surface area contributed by atoms with E-state index in [0.717, 1.165) is 0 Å². The lowest BCUT2D eigenvalue weighted by atomic mass is 10.00. The summed E-state index contributed by atoms with van der Waals surface area (Å²) in [6, 6.07) is 0. The number of hydrogen-bond acceptors (Lipinski definition) is 6. The van der Waals surface area contributed by atoms with Gasteiger partial charge in [-0.3, -0.25) is 9.59 Å². The Hall–Kier alpha value is -0.820. The van der Waals surface area contributed by atoms with E-state index in [2.05, 4.69) is 0 Å². The van der Waals surface area contributed by atoms with Gasteiger partial charge in [-0.05, 0) is 0 Å². The first-order valence-electron chi connectivity index (χ1n) is 3.47. The molecule has 0 amide bonds. The molecule has 12 heavy (non-hydrogen) atoms. The molecule has 0 aliphatic heterocycles. The Morgan fingerprint density at radius 2 is 1.58 bits per heavy atom. The van der Waals surface area contributed by atoms with Crippen LogP contribution in [-0.4, -0.2) is 30.3 Å². The van der Waals surface area contributed by atoms with Crippen LogP contribution >= 0.6 is 0 Å². The van der Waals surface area contributed by atoms with Gasteiger partial charge in [0, 0.05) is 6.42 Å². The van der Waals surface area contributed by atoms with Crippen LogP contribution in [0, 0.1) is 0 Å². The van der Waals surface area contributed by atoms with E-state index < -0.39 is 11.4 Å². The van der Waals surface area contributed by atoms with Crippen LogP contribution in [0.2, 0.25) is 0 Å². The predicted molar refractivity (Wildman–Crippen MR) is 43.8 cm³/mol. The quantitative estimate of drug-likeness (QED) is 0.328. The third-order valence-electron chi connectivity index (χ3n) is 1.42. The molecule has 0 aromatic carbocycles. The van der Waals surface area contributed by atoms with Gasteiger partial charge in [0.2, 0.25) is 0 Å². The van der Waals surface area contributed by atoms with Crippen LogP contribution in [-0.2, 0) is 9.59 Å². The van der Waals surface area contributed by atoms with Gasteiger partial charge in [-0.15, -0.1) is 0 Å². The van der Waals surface area contributed by atoms with Crippen molar-refractivity contribution < 1.29 is 9.59 Å². The molecule has 0 bridgehead atoms. The normalized spacial score (nSPS) is 11.3. The zero-order chi connectivity index (χ0) is 9.78. The largest absolute Gasteiger partial charge is 0.324 e. The van der Waals surface area contributed by atoms with E-state index in [1.165, 1.54) is 0 Å². The summed E-state index contributed by atoms with van der Waals surface area (Å²) in [6.45, 7) is -0.446. The smallest absolute Gasteiger partial charge is 0.180 e. The summed E-state index contributed by atoms with van der Waals surface area (Å²) in [6.07, 6.45) is -0.264. The first-order valence-corrected chi connectivity index (χ1v) is 3.47. The molecule has 0 aromatic heterocycles. The maximum Gasteiger partial charge on any atom is 0.180 e. The summed E-state index contributed by atoms with van der Waals surface area (Å²) in [5.41, 5.74) is 19.0. The molecule has 6 nitrogen and oxygen atoms in total. The van der Waals surface area contributed by atoms with Gasteiger partial charge in [0.25, 0.3) is 0 Å². The number of carbonyl (C=O) groups is 2. The van der Waals surface area contributed by atoms with E-state index in [4.69, 9.17) is 22.9 Å². The molecule has 0 saturated carbocycles. The monoisotopic (exact) mass is 174 g/mol. The summed E-state index contributed by atoms with van der Waals surface area (Å²) in [5.74, 6) is -0.911. The highest BCUT2D eigenvalue weighted by Crippen LogP contribution is 1.99. The molecular weight excluding hydrogens is 160 g/mol. The molecule has 0 aliphatic carbocycles. The lowest BCUT2D eigenvalue weighted by molar-refractivity contribution is -0.127. The maximum absolute atomic E-state index is 10.9. The van der Waals surface area contributed by atoms with Gasteiger partial charge in [0.05, 0.1) is 13.1 Å². The Balaban J connectivity index is 4.21. The van der Waals surface area contributed by atoms with E-state index in [0.29, 0.717) is 0 Å². The molecular formula is C6H14N4O2. The third-order valence-corrected chi connectivity index (χ3v) is 1.42. The minimum atomic E-state index is -1.66. The summed E-state index contributed by atoms with van der Waals surface area (Å²) < 4.78 is 0. The van der Waals surface area contributed by atoms with Crippen molar-refractivity contribution in [2.75, 3.05) is 13.1 Å². The van der Waals surface area contributed by atoms with Crippen LogP contribution in [0.15, 0.2) is 0 Å². The standard InChI is InChI=1S/C6H14N4O2/c7-2-4(11)1-6(9,10)5(12)3-8/h1-3,7-10H2. The molecule has 0 unspecified atom stereocenters. The van der Waals surface area contributed by atoms with Gasteiger partial charge in [-0.1, -0.05) is 0 Å². The molecule has 0 atom stereocenters. The van der Waals surface area contributed by atoms with Crippen molar-refractivity contribution in [1.29, 1.82) is 0 Å². The number of rotatable bonds is 5. The van der Waals surface area contributed by atoms with Crippen LogP contribution in [0.3, 0.4) is 0 Å². The Labute approximate surface area is 70.2 Å². The first-order chi connectivity index (χ1) is 5.44. The molecule has 8 N–H and O–H groups in total. The average molecular weight is 174 g/mol. The molecule has 0 spiro atoms. The Morgan fingerprint density at radius 3 is 1.92 bits per heavy atom. The fourth-order valence-corrected chi connectivity index (χ4v) is 0.687. The van der Waals surface area contributed by atoms with Crippen LogP contribution in [0.1, 0.15) is 6.42 Å². The first kappa shape index (κ1) is 11.2. The second-order valence-electron chi connectivity index (χ2n) is 2.59. The van der Waals surface area contributed by atoms with E-state index >= 15 is 0 Å². The zero-order valence-electron chi connectivity index (χ0n) is 6.75. The molecule has 6 heteroatoms. The zero-order valence-corrected chi connectivity index (χ0v) is 6.75. The second-order valence-corrected chi connectivity index (χ2v) is 2.59. The van der Waals surface area contributed by atoms with Crippen LogP contribution in [0.4, 0.5) is 0 Å². The van der Waals surface area contributed by atoms with Crippen LogP contribution in [0.25, 0.3) is 0 Å². The van der Waals surface area contributed by atoms with Crippen molar-refractivity contribution in [1.82, 2.24) is 0 Å². The third kappa shape index (κ3) is 3.05. The number of ketones is 2. The summed E-state index contributed by atoms with van der Waals surface area (Å²) in [4.78, 5) is 21.7. The number of Topliss-reactive ketones (excluding diaryl/α,β-unsaturated/α-hetero) is 2. The van der Waals surface area contributed by atoms with Gasteiger partial charge in [-0.25, -0.2) is 0 Å². The summed E-state index contributed by atoms with van der Waals surface area (Å²) >= 11 is 0. The summed E-state index contributed by atoms with van der Waals surface area (Å²) in [7, 11) is 0. The Kier molecular flexibility index (Phi) is 3.98. The maximum atomic E-state index is 10.9. The fourth-order valence-electron chi connectivity index (χ4n) is 0.687. The van der Waals surface area contributed by atoms with Gasteiger partial charge in [-0.2, -0.15) is 0 Å². The number of hydrogen-bond donors (Lipinski definition) is 4. The van der Waals surface area contributed by atoms with Crippen molar-refractivity contribution in [2.45, 2.75) is 12.1 Å². The summed E-state index contributed by atoms with van der Waals surface area (Å²) in [5, 5.41) is 0. The molecule has 0 saturated heterocycles. The Morgan fingerprint density at radius 1 is 1.08 bits per heavy atom. The van der Waals surface area contributed by atoms with Crippen molar-refractivity contribution in [2.24, 2.45) is 22.9 Å². The average Bonchev–Trinajstić information content (AvgIpc) is 2.02. The molecule has 0 aromatic rings. The molecule has 0 fully saturated rings. The highest BCUT2D eigenvalue weighted by atomic mass is 16.1. The molecule has 0 radical (unpaired) electrons. The van der Waals surface area contributed by atoms with E-state index in [1.54, 1.807) is 0 Å². The van der Waals surface area contributed by atoms with Gasteiger partial charge in [0.1, 0.15) is 11.4 Å². The van der Waals surface area contributed by atoms with E-state index in [9.17, 15) is 9.59 Å². The highest BCUT2D eigenvalue weighted by molar-refractivity contribution is 5.94. The lowest BCUT2D eigenvalue weighted by Crippen LogP contribution is -2.60. The predicted octanol–water partition coefficient (Wildman–Crippen LogP) is -2.95. The molecule has 70 valence electrons. The van der Waals surface area contributed by atoms with Crippen molar-refractivity contribution in [3.05, 3.63) is 0 Å².